The quantitative estimate of drug-likeness (QED) is 0.825. The van der Waals surface area contributed by atoms with Crippen LogP contribution >= 0.6 is 0 Å². The average Bonchev–Trinajstić information content (AvgIpc) is 2.83. The first-order valence-electron chi connectivity index (χ1n) is 7.37. The zero-order valence-electron chi connectivity index (χ0n) is 12.3. The van der Waals surface area contributed by atoms with Gasteiger partial charge >= 0.3 is 0 Å². The average molecular weight is 277 g/mol. The normalized spacial score (nSPS) is 25.7. The minimum atomic E-state index is 0.471. The molecule has 2 unspecified atom stereocenters. The number of benzene rings is 1. The van der Waals surface area contributed by atoms with Crippen molar-refractivity contribution in [2.24, 2.45) is 0 Å². The number of hydrogen-bond donors (Lipinski definition) is 0. The van der Waals surface area contributed by atoms with Crippen molar-refractivity contribution in [3.8, 4) is 11.5 Å². The highest BCUT2D eigenvalue weighted by Crippen LogP contribution is 2.29. The summed E-state index contributed by atoms with van der Waals surface area (Å²) in [6, 6.07) is 6.18. The summed E-state index contributed by atoms with van der Waals surface area (Å²) in [5.41, 5.74) is 1.29. The first kappa shape index (κ1) is 13.7. The SMILES string of the molecule is COc1ccc(CCN2CC3CCC(C2)O3)cc1OC. The molecule has 2 aliphatic heterocycles. The van der Waals surface area contributed by atoms with Crippen molar-refractivity contribution in [1.82, 2.24) is 4.90 Å². The van der Waals surface area contributed by atoms with Crippen molar-refractivity contribution in [3.63, 3.8) is 0 Å². The van der Waals surface area contributed by atoms with Gasteiger partial charge in [0.15, 0.2) is 11.5 Å². The van der Waals surface area contributed by atoms with Gasteiger partial charge in [0.1, 0.15) is 0 Å². The van der Waals surface area contributed by atoms with Gasteiger partial charge in [0.05, 0.1) is 26.4 Å². The van der Waals surface area contributed by atoms with E-state index in [2.05, 4.69) is 17.0 Å². The first-order chi connectivity index (χ1) is 9.78. The van der Waals surface area contributed by atoms with Crippen molar-refractivity contribution in [3.05, 3.63) is 23.8 Å². The summed E-state index contributed by atoms with van der Waals surface area (Å²) in [5.74, 6) is 1.60. The van der Waals surface area contributed by atoms with E-state index in [9.17, 15) is 0 Å². The van der Waals surface area contributed by atoms with E-state index in [-0.39, 0.29) is 0 Å². The molecular weight excluding hydrogens is 254 g/mol. The largest absolute Gasteiger partial charge is 0.493 e. The third kappa shape index (κ3) is 2.91. The molecule has 2 fully saturated rings. The number of rotatable bonds is 5. The molecule has 4 heteroatoms. The molecule has 2 aliphatic rings. The Morgan fingerprint density at radius 2 is 1.80 bits per heavy atom. The highest BCUT2D eigenvalue weighted by atomic mass is 16.5. The summed E-state index contributed by atoms with van der Waals surface area (Å²) in [4.78, 5) is 2.53. The van der Waals surface area contributed by atoms with Gasteiger partial charge in [0.25, 0.3) is 0 Å². The zero-order chi connectivity index (χ0) is 13.9. The van der Waals surface area contributed by atoms with E-state index in [1.807, 2.05) is 6.07 Å². The number of morpholine rings is 1. The maximum atomic E-state index is 5.87. The maximum absolute atomic E-state index is 5.87. The van der Waals surface area contributed by atoms with E-state index in [0.717, 1.165) is 37.6 Å². The minimum absolute atomic E-state index is 0.471. The Hall–Kier alpha value is -1.26. The van der Waals surface area contributed by atoms with Gasteiger partial charge in [-0.1, -0.05) is 6.07 Å². The molecule has 2 saturated heterocycles. The summed E-state index contributed by atoms with van der Waals surface area (Å²) in [7, 11) is 3.35. The van der Waals surface area contributed by atoms with Crippen LogP contribution in [-0.4, -0.2) is 51.0 Å². The van der Waals surface area contributed by atoms with Crippen molar-refractivity contribution in [2.45, 2.75) is 31.5 Å². The van der Waals surface area contributed by atoms with Crippen LogP contribution in [0.5, 0.6) is 11.5 Å². The lowest BCUT2D eigenvalue weighted by Gasteiger charge is -2.32. The summed E-state index contributed by atoms with van der Waals surface area (Å²) < 4.78 is 16.5. The van der Waals surface area contributed by atoms with Gasteiger partial charge in [-0.15, -0.1) is 0 Å². The van der Waals surface area contributed by atoms with Crippen molar-refractivity contribution in [1.29, 1.82) is 0 Å². The molecule has 0 amide bonds. The molecule has 110 valence electrons. The number of ether oxygens (including phenoxy) is 3. The molecule has 0 aromatic heterocycles. The van der Waals surface area contributed by atoms with Gasteiger partial charge in [0, 0.05) is 19.6 Å². The predicted molar refractivity (Wildman–Crippen MR) is 77.6 cm³/mol. The molecule has 4 nitrogen and oxygen atoms in total. The lowest BCUT2D eigenvalue weighted by molar-refractivity contribution is -0.0377. The first-order valence-corrected chi connectivity index (χ1v) is 7.37. The molecule has 0 radical (unpaired) electrons. The standard InChI is InChI=1S/C16H23NO3/c1-18-15-6-3-12(9-16(15)19-2)7-8-17-10-13-4-5-14(11-17)20-13/h3,6,9,13-14H,4-5,7-8,10-11H2,1-2H3. The van der Waals surface area contributed by atoms with Crippen LogP contribution in [0.4, 0.5) is 0 Å². The van der Waals surface area contributed by atoms with Crippen molar-refractivity contribution < 1.29 is 14.2 Å². The number of fused-ring (bicyclic) bond motifs is 2. The van der Waals surface area contributed by atoms with Crippen LogP contribution in [0, 0.1) is 0 Å². The van der Waals surface area contributed by atoms with Crippen LogP contribution in [0.2, 0.25) is 0 Å². The van der Waals surface area contributed by atoms with E-state index < -0.39 is 0 Å². The van der Waals surface area contributed by atoms with Crippen LogP contribution < -0.4 is 9.47 Å². The molecule has 0 saturated carbocycles. The van der Waals surface area contributed by atoms with E-state index in [1.54, 1.807) is 14.2 Å². The second kappa shape index (κ2) is 6.02. The molecule has 0 spiro atoms. The highest BCUT2D eigenvalue weighted by Gasteiger charge is 2.33. The summed E-state index contributed by atoms with van der Waals surface area (Å²) in [6.45, 7) is 3.26. The fourth-order valence-electron chi connectivity index (χ4n) is 3.21. The minimum Gasteiger partial charge on any atom is -0.493 e. The van der Waals surface area contributed by atoms with Crippen molar-refractivity contribution in [2.75, 3.05) is 33.9 Å². The Labute approximate surface area is 120 Å². The lowest BCUT2D eigenvalue weighted by Crippen LogP contribution is -2.43. The lowest BCUT2D eigenvalue weighted by atomic mass is 10.1. The fraction of sp³-hybridized carbons (Fsp3) is 0.625. The van der Waals surface area contributed by atoms with Gasteiger partial charge in [-0.05, 0) is 37.0 Å². The summed E-state index contributed by atoms with van der Waals surface area (Å²) >= 11 is 0. The third-order valence-electron chi connectivity index (χ3n) is 4.28. The fourth-order valence-corrected chi connectivity index (χ4v) is 3.21. The molecule has 2 bridgehead atoms. The van der Waals surface area contributed by atoms with Crippen LogP contribution in [0.1, 0.15) is 18.4 Å². The maximum Gasteiger partial charge on any atom is 0.160 e. The van der Waals surface area contributed by atoms with Crippen LogP contribution in [0.3, 0.4) is 0 Å². The third-order valence-corrected chi connectivity index (χ3v) is 4.28. The molecule has 20 heavy (non-hydrogen) atoms. The number of hydrogen-bond acceptors (Lipinski definition) is 4. The molecule has 2 atom stereocenters. The smallest absolute Gasteiger partial charge is 0.160 e. The van der Waals surface area contributed by atoms with Crippen LogP contribution in [0.15, 0.2) is 18.2 Å². The Morgan fingerprint density at radius 1 is 1.10 bits per heavy atom. The van der Waals surface area contributed by atoms with E-state index in [0.29, 0.717) is 12.2 Å². The number of methoxy groups -OCH3 is 2. The molecule has 3 rings (SSSR count). The Bertz CT molecular complexity index is 451. The van der Waals surface area contributed by atoms with Gasteiger partial charge in [-0.2, -0.15) is 0 Å². The van der Waals surface area contributed by atoms with Gasteiger partial charge in [0.2, 0.25) is 0 Å². The second-order valence-electron chi connectivity index (χ2n) is 5.66. The molecule has 1 aromatic rings. The van der Waals surface area contributed by atoms with Gasteiger partial charge in [-0.25, -0.2) is 0 Å². The van der Waals surface area contributed by atoms with Gasteiger partial charge < -0.3 is 14.2 Å². The zero-order valence-corrected chi connectivity index (χ0v) is 12.3. The Balaban J connectivity index is 1.58. The molecular formula is C16H23NO3. The molecule has 1 aromatic carbocycles. The predicted octanol–water partition coefficient (Wildman–Crippen LogP) is 2.11. The van der Waals surface area contributed by atoms with Gasteiger partial charge in [-0.3, -0.25) is 4.90 Å². The van der Waals surface area contributed by atoms with E-state index >= 15 is 0 Å². The topological polar surface area (TPSA) is 30.9 Å². The van der Waals surface area contributed by atoms with Crippen LogP contribution in [-0.2, 0) is 11.2 Å². The highest BCUT2D eigenvalue weighted by molar-refractivity contribution is 5.42. The Kier molecular flexibility index (Phi) is 4.13. The Morgan fingerprint density at radius 3 is 2.45 bits per heavy atom. The number of likely N-dealkylation sites (tertiary alicyclic amines) is 1. The second-order valence-corrected chi connectivity index (χ2v) is 5.66. The summed E-state index contributed by atoms with van der Waals surface area (Å²) in [5, 5.41) is 0. The van der Waals surface area contributed by atoms with Crippen LogP contribution in [0.25, 0.3) is 0 Å². The van der Waals surface area contributed by atoms with E-state index in [4.69, 9.17) is 14.2 Å². The molecule has 0 aliphatic carbocycles. The monoisotopic (exact) mass is 277 g/mol. The number of nitrogens with zero attached hydrogens (tertiary/aromatic N) is 1. The molecule has 0 N–H and O–H groups in total. The summed E-state index contributed by atoms with van der Waals surface area (Å²) in [6.07, 6.45) is 4.45. The van der Waals surface area contributed by atoms with Crippen molar-refractivity contribution >= 4 is 0 Å². The molecule has 2 heterocycles. The van der Waals surface area contributed by atoms with E-state index in [1.165, 1.54) is 18.4 Å².